The van der Waals surface area contributed by atoms with Crippen molar-refractivity contribution in [2.24, 2.45) is 5.92 Å². The van der Waals surface area contributed by atoms with Crippen molar-refractivity contribution >= 4 is 6.29 Å². The van der Waals surface area contributed by atoms with Crippen molar-refractivity contribution in [3.8, 4) is 0 Å². The van der Waals surface area contributed by atoms with Gasteiger partial charge in [0.05, 0.1) is 0 Å². The third-order valence-electron chi connectivity index (χ3n) is 4.42. The Morgan fingerprint density at radius 2 is 2.06 bits per heavy atom. The van der Waals surface area contributed by atoms with Crippen molar-refractivity contribution in [3.05, 3.63) is 34.9 Å². The molecule has 2 atom stereocenters. The maximum atomic E-state index is 10.9. The first-order valence-corrected chi connectivity index (χ1v) is 7.32. The number of carbonyl (C=O) groups excluding carboxylic acids is 1. The summed E-state index contributed by atoms with van der Waals surface area (Å²) in [5, 5.41) is 0. The van der Waals surface area contributed by atoms with Crippen LogP contribution in [-0.4, -0.2) is 6.29 Å². The lowest BCUT2D eigenvalue weighted by Gasteiger charge is -2.32. The van der Waals surface area contributed by atoms with E-state index in [-0.39, 0.29) is 0 Å². The molecule has 2 rings (SSSR count). The molecular formula is C17H24O. The number of hydrogen-bond donors (Lipinski definition) is 0. The molecule has 1 aliphatic carbocycles. The maximum Gasteiger partial charge on any atom is 0.150 e. The summed E-state index contributed by atoms with van der Waals surface area (Å²) in [6.07, 6.45) is 9.05. The third kappa shape index (κ3) is 2.82. The third-order valence-corrected chi connectivity index (χ3v) is 4.42. The molecule has 0 spiro atoms. The second-order valence-electron chi connectivity index (χ2n) is 5.67. The number of benzene rings is 1. The molecule has 0 N–H and O–H groups in total. The van der Waals surface area contributed by atoms with Crippen molar-refractivity contribution in [1.29, 1.82) is 0 Å². The molecule has 0 aliphatic heterocycles. The summed E-state index contributed by atoms with van der Waals surface area (Å²) in [4.78, 5) is 10.9. The average molecular weight is 244 g/mol. The lowest BCUT2D eigenvalue weighted by molar-refractivity contribution is 0.112. The second-order valence-corrected chi connectivity index (χ2v) is 5.67. The highest BCUT2D eigenvalue weighted by molar-refractivity contribution is 5.77. The molecule has 0 bridgehead atoms. The monoisotopic (exact) mass is 244 g/mol. The molecule has 1 heteroatoms. The fourth-order valence-corrected chi connectivity index (χ4v) is 3.42. The van der Waals surface area contributed by atoms with Crippen molar-refractivity contribution in [1.82, 2.24) is 0 Å². The standard InChI is InChI=1S/C17H24O/c1-3-6-14-7-4-5-8-17(14)15-9-10-16(12-18)13(2)11-15/h9-12,14,17H,3-8H2,1-2H3. The van der Waals surface area contributed by atoms with E-state index in [0.29, 0.717) is 0 Å². The highest BCUT2D eigenvalue weighted by Gasteiger charge is 2.25. The molecule has 98 valence electrons. The van der Waals surface area contributed by atoms with Gasteiger partial charge < -0.3 is 0 Å². The number of aryl methyl sites for hydroxylation is 1. The van der Waals surface area contributed by atoms with Crippen LogP contribution in [0.1, 0.15) is 72.9 Å². The Morgan fingerprint density at radius 1 is 1.28 bits per heavy atom. The molecule has 1 fully saturated rings. The van der Waals surface area contributed by atoms with E-state index in [1.165, 1.54) is 44.1 Å². The Bertz CT molecular complexity index is 406. The molecule has 18 heavy (non-hydrogen) atoms. The minimum absolute atomic E-state index is 0.720. The molecule has 2 unspecified atom stereocenters. The number of rotatable bonds is 4. The zero-order valence-electron chi connectivity index (χ0n) is 11.6. The number of hydrogen-bond acceptors (Lipinski definition) is 1. The molecule has 0 saturated heterocycles. The van der Waals surface area contributed by atoms with E-state index in [1.54, 1.807) is 0 Å². The molecule has 1 aliphatic rings. The predicted octanol–water partition coefficient (Wildman–Crippen LogP) is 4.88. The van der Waals surface area contributed by atoms with Crippen molar-refractivity contribution < 1.29 is 4.79 Å². The molecule has 0 heterocycles. The smallest absolute Gasteiger partial charge is 0.150 e. The van der Waals surface area contributed by atoms with E-state index >= 15 is 0 Å². The van der Waals surface area contributed by atoms with Gasteiger partial charge >= 0.3 is 0 Å². The fraction of sp³-hybridized carbons (Fsp3) is 0.588. The Hall–Kier alpha value is -1.11. The normalized spacial score (nSPS) is 23.9. The van der Waals surface area contributed by atoms with E-state index < -0.39 is 0 Å². The first-order valence-electron chi connectivity index (χ1n) is 7.32. The number of aldehydes is 1. The first-order chi connectivity index (χ1) is 8.76. The maximum absolute atomic E-state index is 10.9. The van der Waals surface area contributed by atoms with Gasteiger partial charge in [0, 0.05) is 5.56 Å². The van der Waals surface area contributed by atoms with Crippen LogP contribution >= 0.6 is 0 Å². The summed E-state index contributed by atoms with van der Waals surface area (Å²) in [7, 11) is 0. The zero-order chi connectivity index (χ0) is 13.0. The minimum atomic E-state index is 0.720. The van der Waals surface area contributed by atoms with Gasteiger partial charge in [-0.3, -0.25) is 4.79 Å². The van der Waals surface area contributed by atoms with Gasteiger partial charge in [0.2, 0.25) is 0 Å². The Kier molecular flexibility index (Phi) is 4.57. The molecule has 1 saturated carbocycles. The molecule has 1 nitrogen and oxygen atoms in total. The summed E-state index contributed by atoms with van der Waals surface area (Å²) in [6.45, 7) is 4.33. The van der Waals surface area contributed by atoms with Gasteiger partial charge in [-0.05, 0) is 42.7 Å². The topological polar surface area (TPSA) is 17.1 Å². The van der Waals surface area contributed by atoms with E-state index in [2.05, 4.69) is 19.1 Å². The van der Waals surface area contributed by atoms with Gasteiger partial charge in [-0.15, -0.1) is 0 Å². The van der Waals surface area contributed by atoms with Crippen LogP contribution in [0.4, 0.5) is 0 Å². The average Bonchev–Trinajstić information content (AvgIpc) is 2.40. The van der Waals surface area contributed by atoms with Crippen LogP contribution in [0.3, 0.4) is 0 Å². The van der Waals surface area contributed by atoms with Crippen molar-refractivity contribution in [3.63, 3.8) is 0 Å². The van der Waals surface area contributed by atoms with Gasteiger partial charge in [-0.2, -0.15) is 0 Å². The van der Waals surface area contributed by atoms with Crippen LogP contribution in [0.2, 0.25) is 0 Å². The quantitative estimate of drug-likeness (QED) is 0.690. The minimum Gasteiger partial charge on any atom is -0.298 e. The van der Waals surface area contributed by atoms with Crippen LogP contribution in [0.25, 0.3) is 0 Å². The molecular weight excluding hydrogens is 220 g/mol. The molecule has 0 radical (unpaired) electrons. The van der Waals surface area contributed by atoms with Crippen LogP contribution in [0.5, 0.6) is 0 Å². The first kappa shape index (κ1) is 13.3. The van der Waals surface area contributed by atoms with Crippen LogP contribution in [0, 0.1) is 12.8 Å². The molecule has 0 aromatic heterocycles. The molecule has 0 amide bonds. The van der Waals surface area contributed by atoms with E-state index in [0.717, 1.165) is 29.2 Å². The summed E-state index contributed by atoms with van der Waals surface area (Å²) in [5.41, 5.74) is 3.42. The molecule has 1 aromatic rings. The Morgan fingerprint density at radius 3 is 2.72 bits per heavy atom. The second kappa shape index (κ2) is 6.17. The summed E-state index contributed by atoms with van der Waals surface area (Å²) in [5.74, 6) is 1.57. The van der Waals surface area contributed by atoms with E-state index in [9.17, 15) is 4.79 Å². The van der Waals surface area contributed by atoms with Gasteiger partial charge in [-0.1, -0.05) is 50.8 Å². The Balaban J connectivity index is 2.22. The summed E-state index contributed by atoms with van der Waals surface area (Å²) in [6, 6.07) is 6.41. The molecule has 1 aromatic carbocycles. The van der Waals surface area contributed by atoms with Gasteiger partial charge in [-0.25, -0.2) is 0 Å². The van der Waals surface area contributed by atoms with Gasteiger partial charge in [0.1, 0.15) is 6.29 Å². The van der Waals surface area contributed by atoms with Gasteiger partial charge in [0.15, 0.2) is 0 Å². The van der Waals surface area contributed by atoms with Crippen molar-refractivity contribution in [2.75, 3.05) is 0 Å². The summed E-state index contributed by atoms with van der Waals surface area (Å²) < 4.78 is 0. The fourth-order valence-electron chi connectivity index (χ4n) is 3.42. The largest absolute Gasteiger partial charge is 0.298 e. The van der Waals surface area contributed by atoms with Crippen LogP contribution in [-0.2, 0) is 0 Å². The lowest BCUT2D eigenvalue weighted by atomic mass is 9.73. The van der Waals surface area contributed by atoms with Crippen molar-refractivity contribution in [2.45, 2.75) is 58.3 Å². The highest BCUT2D eigenvalue weighted by atomic mass is 16.1. The van der Waals surface area contributed by atoms with Gasteiger partial charge in [0.25, 0.3) is 0 Å². The zero-order valence-corrected chi connectivity index (χ0v) is 11.6. The SMILES string of the molecule is CCCC1CCCCC1c1ccc(C=O)c(C)c1. The lowest BCUT2D eigenvalue weighted by Crippen LogP contribution is -2.17. The Labute approximate surface area is 111 Å². The predicted molar refractivity (Wildman–Crippen MR) is 76.2 cm³/mol. The highest BCUT2D eigenvalue weighted by Crippen LogP contribution is 2.40. The summed E-state index contributed by atoms with van der Waals surface area (Å²) >= 11 is 0. The van der Waals surface area contributed by atoms with E-state index in [4.69, 9.17) is 0 Å². The number of carbonyl (C=O) groups is 1. The van der Waals surface area contributed by atoms with Crippen LogP contribution < -0.4 is 0 Å². The van der Waals surface area contributed by atoms with Crippen LogP contribution in [0.15, 0.2) is 18.2 Å². The van der Waals surface area contributed by atoms with E-state index in [1.807, 2.05) is 13.0 Å².